The van der Waals surface area contributed by atoms with Gasteiger partial charge in [0.15, 0.2) is 5.11 Å². The van der Waals surface area contributed by atoms with Crippen LogP contribution in [-0.4, -0.2) is 23.5 Å². The van der Waals surface area contributed by atoms with E-state index in [0.29, 0.717) is 11.0 Å². The number of nitrogens with two attached hydrogens (primary N) is 1. The molecular formula is C14H20N4O3S. The van der Waals surface area contributed by atoms with E-state index in [4.69, 9.17) is 17.0 Å². The Labute approximate surface area is 134 Å². The highest BCUT2D eigenvalue weighted by atomic mass is 32.1. The second-order valence-electron chi connectivity index (χ2n) is 4.88. The highest BCUT2D eigenvalue weighted by Crippen LogP contribution is 2.38. The van der Waals surface area contributed by atoms with Crippen LogP contribution in [0.1, 0.15) is 30.9 Å². The Hall–Kier alpha value is -2.22. The molecule has 0 saturated heterocycles. The summed E-state index contributed by atoms with van der Waals surface area (Å²) in [4.78, 5) is 19.1. The molecule has 22 heavy (non-hydrogen) atoms. The summed E-state index contributed by atoms with van der Waals surface area (Å²) < 4.78 is 0. The van der Waals surface area contributed by atoms with E-state index in [2.05, 4.69) is 16.4 Å². The molecule has 8 heteroatoms. The lowest BCUT2D eigenvalue weighted by molar-refractivity contribution is -0.384. The zero-order chi connectivity index (χ0) is 16.5. The fourth-order valence-electron chi connectivity index (χ4n) is 2.29. The molecule has 1 fully saturated rings. The van der Waals surface area contributed by atoms with Crippen LogP contribution >= 0.6 is 12.2 Å². The molecule has 120 valence electrons. The van der Waals surface area contributed by atoms with Crippen molar-refractivity contribution in [3.8, 4) is 0 Å². The van der Waals surface area contributed by atoms with E-state index < -0.39 is 0 Å². The van der Waals surface area contributed by atoms with Crippen LogP contribution in [-0.2, 0) is 4.79 Å². The Bertz CT molecular complexity index is 535. The monoisotopic (exact) mass is 324 g/mol. The summed E-state index contributed by atoms with van der Waals surface area (Å²) in [5.41, 5.74) is 5.22. The quantitative estimate of drug-likeness (QED) is 0.336. The summed E-state index contributed by atoms with van der Waals surface area (Å²) >= 11 is 5.15. The number of primary amides is 1. The highest BCUT2D eigenvalue weighted by Gasteiger charge is 2.29. The number of thiocarbonyl (C=S) groups is 1. The van der Waals surface area contributed by atoms with Crippen LogP contribution in [0.2, 0.25) is 0 Å². The third kappa shape index (κ3) is 4.96. The number of hydrogen-bond acceptors (Lipinski definition) is 4. The number of carbonyl (C=O) groups excluding carboxylic acids is 1. The maximum Gasteiger partial charge on any atom is 0.269 e. The van der Waals surface area contributed by atoms with E-state index in [9.17, 15) is 10.1 Å². The first-order valence-electron chi connectivity index (χ1n) is 6.91. The van der Waals surface area contributed by atoms with Gasteiger partial charge >= 0.3 is 0 Å². The van der Waals surface area contributed by atoms with Gasteiger partial charge < -0.3 is 16.4 Å². The lowest BCUT2D eigenvalue weighted by atomic mass is 9.77. The number of hydrogen-bond donors (Lipinski definition) is 3. The van der Waals surface area contributed by atoms with Gasteiger partial charge in [-0.05, 0) is 36.5 Å². The van der Waals surface area contributed by atoms with Gasteiger partial charge in [0.1, 0.15) is 0 Å². The minimum Gasteiger partial charge on any atom is -0.372 e. The molecule has 1 atom stereocenters. The zero-order valence-electron chi connectivity index (χ0n) is 12.3. The summed E-state index contributed by atoms with van der Waals surface area (Å²) in [6.45, 7) is 0. The van der Waals surface area contributed by atoms with E-state index >= 15 is 0 Å². The van der Waals surface area contributed by atoms with Crippen molar-refractivity contribution in [2.75, 3.05) is 7.05 Å². The number of rotatable bonds is 4. The van der Waals surface area contributed by atoms with Gasteiger partial charge in [-0.1, -0.05) is 18.6 Å². The average Bonchev–Trinajstić information content (AvgIpc) is 2.45. The Morgan fingerprint density at radius 2 is 2.18 bits per heavy atom. The van der Waals surface area contributed by atoms with Crippen LogP contribution in [0, 0.1) is 16.0 Å². The molecular weight excluding hydrogens is 304 g/mol. The SMILES string of the molecule is CNC(=S)NC(c1cccc([N+](=O)[O-])c1)C1CCC1.NC=O. The maximum atomic E-state index is 10.9. The maximum absolute atomic E-state index is 10.9. The number of nitrogens with one attached hydrogen (secondary N) is 2. The van der Waals surface area contributed by atoms with E-state index in [1.165, 1.54) is 12.5 Å². The van der Waals surface area contributed by atoms with Crippen LogP contribution in [0.3, 0.4) is 0 Å². The van der Waals surface area contributed by atoms with Crippen molar-refractivity contribution in [1.29, 1.82) is 0 Å². The summed E-state index contributed by atoms with van der Waals surface area (Å²) in [5, 5.41) is 17.6. The molecule has 2 rings (SSSR count). The predicted molar refractivity (Wildman–Crippen MR) is 88.2 cm³/mol. The molecule has 0 spiro atoms. The molecule has 4 N–H and O–H groups in total. The van der Waals surface area contributed by atoms with Gasteiger partial charge in [-0.15, -0.1) is 0 Å². The lowest BCUT2D eigenvalue weighted by Gasteiger charge is -2.35. The molecule has 1 aliphatic rings. The Balaban J connectivity index is 0.000000745. The number of non-ortho nitro benzene ring substituents is 1. The standard InChI is InChI=1S/C13H17N3O2S.CH3NO/c1-14-13(19)15-12(9-4-2-5-9)10-6-3-7-11(8-10)16(17)18;2-1-3/h3,6-9,12H,2,4-5H2,1H3,(H2,14,15,19);1H,(H2,2,3). The summed E-state index contributed by atoms with van der Waals surface area (Å²) in [7, 11) is 1.76. The molecule has 1 amide bonds. The van der Waals surface area contributed by atoms with Crippen LogP contribution in [0.15, 0.2) is 24.3 Å². The Morgan fingerprint density at radius 1 is 1.55 bits per heavy atom. The van der Waals surface area contributed by atoms with Crippen molar-refractivity contribution >= 4 is 29.4 Å². The first-order valence-corrected chi connectivity index (χ1v) is 7.32. The van der Waals surface area contributed by atoms with Gasteiger partial charge in [-0.3, -0.25) is 14.9 Å². The smallest absolute Gasteiger partial charge is 0.269 e. The van der Waals surface area contributed by atoms with Crippen LogP contribution < -0.4 is 16.4 Å². The molecule has 1 aromatic rings. The number of nitro groups is 1. The van der Waals surface area contributed by atoms with E-state index in [-0.39, 0.29) is 23.1 Å². The molecule has 1 aromatic carbocycles. The first kappa shape index (κ1) is 17.8. The van der Waals surface area contributed by atoms with Crippen molar-refractivity contribution in [3.05, 3.63) is 39.9 Å². The van der Waals surface area contributed by atoms with Crippen LogP contribution in [0.4, 0.5) is 5.69 Å². The van der Waals surface area contributed by atoms with Crippen LogP contribution in [0.25, 0.3) is 0 Å². The molecule has 0 aromatic heterocycles. The molecule has 1 aliphatic carbocycles. The molecule has 7 nitrogen and oxygen atoms in total. The number of amides is 1. The second-order valence-corrected chi connectivity index (χ2v) is 5.29. The number of benzene rings is 1. The van der Waals surface area contributed by atoms with Crippen molar-refractivity contribution in [1.82, 2.24) is 10.6 Å². The molecule has 0 radical (unpaired) electrons. The zero-order valence-corrected chi connectivity index (χ0v) is 13.1. The Morgan fingerprint density at radius 3 is 2.64 bits per heavy atom. The van der Waals surface area contributed by atoms with Crippen molar-refractivity contribution < 1.29 is 9.72 Å². The summed E-state index contributed by atoms with van der Waals surface area (Å²) in [6, 6.07) is 6.84. The van der Waals surface area contributed by atoms with Gasteiger partial charge in [0.25, 0.3) is 5.69 Å². The highest BCUT2D eigenvalue weighted by molar-refractivity contribution is 7.80. The number of nitro benzene ring substituents is 1. The molecule has 0 bridgehead atoms. The van der Waals surface area contributed by atoms with Crippen molar-refractivity contribution in [2.45, 2.75) is 25.3 Å². The Kier molecular flexibility index (Phi) is 7.24. The van der Waals surface area contributed by atoms with Crippen molar-refractivity contribution in [3.63, 3.8) is 0 Å². The fraction of sp³-hybridized carbons (Fsp3) is 0.429. The number of nitrogens with zero attached hydrogens (tertiary/aromatic N) is 1. The molecule has 1 unspecified atom stereocenters. The van der Waals surface area contributed by atoms with Crippen LogP contribution in [0.5, 0.6) is 0 Å². The van der Waals surface area contributed by atoms with Gasteiger partial charge in [-0.25, -0.2) is 0 Å². The largest absolute Gasteiger partial charge is 0.372 e. The van der Waals surface area contributed by atoms with Crippen molar-refractivity contribution in [2.24, 2.45) is 11.7 Å². The molecule has 1 saturated carbocycles. The van der Waals surface area contributed by atoms with Gasteiger partial charge in [0.05, 0.1) is 11.0 Å². The average molecular weight is 324 g/mol. The van der Waals surface area contributed by atoms with Gasteiger partial charge in [0, 0.05) is 19.2 Å². The topological polar surface area (TPSA) is 110 Å². The number of carbonyl (C=O) groups is 1. The second kappa shape index (κ2) is 8.93. The summed E-state index contributed by atoms with van der Waals surface area (Å²) in [5.74, 6) is 0.494. The van der Waals surface area contributed by atoms with E-state index in [0.717, 1.165) is 18.4 Å². The summed E-state index contributed by atoms with van der Waals surface area (Å²) in [6.07, 6.45) is 3.73. The predicted octanol–water partition coefficient (Wildman–Crippen LogP) is 1.63. The first-order chi connectivity index (χ1) is 10.5. The molecule has 0 aliphatic heterocycles. The minimum atomic E-state index is -0.363. The third-order valence-corrected chi connectivity index (χ3v) is 3.90. The molecule has 0 heterocycles. The van der Waals surface area contributed by atoms with E-state index in [1.54, 1.807) is 19.2 Å². The minimum absolute atomic E-state index is 0.0496. The van der Waals surface area contributed by atoms with Gasteiger partial charge in [-0.2, -0.15) is 0 Å². The van der Waals surface area contributed by atoms with E-state index in [1.807, 2.05) is 6.07 Å². The normalized spacial score (nSPS) is 14.6. The lowest BCUT2D eigenvalue weighted by Crippen LogP contribution is -2.40. The fourth-order valence-corrected chi connectivity index (χ4v) is 2.42. The third-order valence-electron chi connectivity index (χ3n) is 3.58. The van der Waals surface area contributed by atoms with Gasteiger partial charge in [0.2, 0.25) is 6.41 Å².